The quantitative estimate of drug-likeness (QED) is 0.907. The van der Waals surface area contributed by atoms with E-state index in [9.17, 15) is 4.79 Å². The summed E-state index contributed by atoms with van der Waals surface area (Å²) in [5.41, 5.74) is 0. The SMILES string of the molecule is Cc1ccc(CN(C)C(=O)CCC2CCNC2)s1.Cl. The van der Waals surface area contributed by atoms with Crippen LogP contribution in [0.1, 0.15) is 29.0 Å². The number of nitrogens with zero attached hydrogens (tertiary/aromatic N) is 1. The molecular formula is C14H23ClN2OS. The average Bonchev–Trinajstić information content (AvgIpc) is 2.97. The van der Waals surface area contributed by atoms with Gasteiger partial charge in [0.15, 0.2) is 0 Å². The molecule has 1 saturated heterocycles. The molecule has 0 saturated carbocycles. The molecule has 1 aliphatic heterocycles. The molecule has 1 unspecified atom stereocenters. The van der Waals surface area contributed by atoms with Gasteiger partial charge in [0, 0.05) is 23.2 Å². The first-order valence-electron chi connectivity index (χ1n) is 6.65. The molecule has 2 heterocycles. The number of hydrogen-bond acceptors (Lipinski definition) is 3. The van der Waals surface area contributed by atoms with Gasteiger partial charge in [0.1, 0.15) is 0 Å². The highest BCUT2D eigenvalue weighted by molar-refractivity contribution is 7.11. The Morgan fingerprint density at radius 3 is 2.89 bits per heavy atom. The second-order valence-electron chi connectivity index (χ2n) is 5.16. The fourth-order valence-electron chi connectivity index (χ4n) is 2.37. The summed E-state index contributed by atoms with van der Waals surface area (Å²) in [7, 11) is 1.91. The summed E-state index contributed by atoms with van der Waals surface area (Å²) in [5, 5.41) is 3.34. The van der Waals surface area contributed by atoms with E-state index in [1.165, 1.54) is 16.2 Å². The Labute approximate surface area is 125 Å². The number of halogens is 1. The summed E-state index contributed by atoms with van der Waals surface area (Å²) < 4.78 is 0. The first-order valence-corrected chi connectivity index (χ1v) is 7.47. The molecule has 3 nitrogen and oxygen atoms in total. The van der Waals surface area contributed by atoms with Crippen LogP contribution >= 0.6 is 23.7 Å². The second-order valence-corrected chi connectivity index (χ2v) is 6.53. The van der Waals surface area contributed by atoms with E-state index in [4.69, 9.17) is 0 Å². The molecule has 1 aliphatic rings. The van der Waals surface area contributed by atoms with Gasteiger partial charge in [0.05, 0.1) is 6.54 Å². The molecule has 0 spiro atoms. The minimum atomic E-state index is 0. The molecule has 19 heavy (non-hydrogen) atoms. The maximum absolute atomic E-state index is 12.0. The van der Waals surface area contributed by atoms with Crippen molar-refractivity contribution in [3.63, 3.8) is 0 Å². The van der Waals surface area contributed by atoms with Crippen molar-refractivity contribution >= 4 is 29.7 Å². The maximum atomic E-state index is 12.0. The minimum absolute atomic E-state index is 0. The van der Waals surface area contributed by atoms with Gasteiger partial charge in [0.2, 0.25) is 5.91 Å². The molecule has 1 fully saturated rings. The van der Waals surface area contributed by atoms with Crippen molar-refractivity contribution < 1.29 is 4.79 Å². The lowest BCUT2D eigenvalue weighted by Gasteiger charge is -2.17. The average molecular weight is 303 g/mol. The Kier molecular flexibility index (Phi) is 6.83. The molecule has 5 heteroatoms. The van der Waals surface area contributed by atoms with Crippen LogP contribution in [0.5, 0.6) is 0 Å². The van der Waals surface area contributed by atoms with Gasteiger partial charge in [-0.05, 0) is 50.9 Å². The number of rotatable bonds is 5. The van der Waals surface area contributed by atoms with Crippen LogP contribution < -0.4 is 5.32 Å². The molecular weight excluding hydrogens is 280 g/mol. The van der Waals surface area contributed by atoms with Gasteiger partial charge in [-0.25, -0.2) is 0 Å². The molecule has 0 radical (unpaired) electrons. The van der Waals surface area contributed by atoms with Crippen molar-refractivity contribution in [1.82, 2.24) is 10.2 Å². The van der Waals surface area contributed by atoms with Gasteiger partial charge < -0.3 is 10.2 Å². The van der Waals surface area contributed by atoms with E-state index in [-0.39, 0.29) is 18.3 Å². The highest BCUT2D eigenvalue weighted by Gasteiger charge is 2.17. The molecule has 1 N–H and O–H groups in total. The van der Waals surface area contributed by atoms with Crippen molar-refractivity contribution in [2.45, 2.75) is 32.7 Å². The summed E-state index contributed by atoms with van der Waals surface area (Å²) in [6.07, 6.45) is 2.94. The lowest BCUT2D eigenvalue weighted by Crippen LogP contribution is -2.26. The van der Waals surface area contributed by atoms with Crippen molar-refractivity contribution in [1.29, 1.82) is 0 Å². The van der Waals surface area contributed by atoms with E-state index in [1.54, 1.807) is 11.3 Å². The standard InChI is InChI=1S/C14H22N2OS.ClH/c1-11-3-5-13(18-11)10-16(2)14(17)6-4-12-7-8-15-9-12;/h3,5,12,15H,4,6-10H2,1-2H3;1H. The second kappa shape index (κ2) is 7.88. The smallest absolute Gasteiger partial charge is 0.222 e. The zero-order valence-corrected chi connectivity index (χ0v) is 13.3. The monoisotopic (exact) mass is 302 g/mol. The molecule has 1 aromatic rings. The largest absolute Gasteiger partial charge is 0.341 e. The summed E-state index contributed by atoms with van der Waals surface area (Å²) >= 11 is 1.77. The third-order valence-corrected chi connectivity index (χ3v) is 4.53. The lowest BCUT2D eigenvalue weighted by atomic mass is 10.0. The Bertz CT molecular complexity index is 402. The number of nitrogens with one attached hydrogen (secondary N) is 1. The van der Waals surface area contributed by atoms with Crippen LogP contribution in [0.2, 0.25) is 0 Å². The fourth-order valence-corrected chi connectivity index (χ4v) is 3.32. The number of amides is 1. The van der Waals surface area contributed by atoms with Gasteiger partial charge in [0.25, 0.3) is 0 Å². The highest BCUT2D eigenvalue weighted by atomic mass is 35.5. The van der Waals surface area contributed by atoms with Crippen LogP contribution in [0.15, 0.2) is 12.1 Å². The lowest BCUT2D eigenvalue weighted by molar-refractivity contribution is -0.130. The molecule has 0 aromatic carbocycles. The van der Waals surface area contributed by atoms with Crippen LogP contribution in [0.4, 0.5) is 0 Å². The summed E-state index contributed by atoms with van der Waals surface area (Å²) in [4.78, 5) is 16.5. The zero-order valence-electron chi connectivity index (χ0n) is 11.6. The van der Waals surface area contributed by atoms with Gasteiger partial charge in [-0.3, -0.25) is 4.79 Å². The molecule has 1 atom stereocenters. The first kappa shape index (κ1) is 16.5. The third-order valence-electron chi connectivity index (χ3n) is 3.54. The van der Waals surface area contributed by atoms with Gasteiger partial charge in [-0.1, -0.05) is 0 Å². The van der Waals surface area contributed by atoms with Crippen molar-refractivity contribution in [3.8, 4) is 0 Å². The van der Waals surface area contributed by atoms with Crippen LogP contribution in [0.25, 0.3) is 0 Å². The predicted octanol–water partition coefficient (Wildman–Crippen LogP) is 2.83. The summed E-state index contributed by atoms with van der Waals surface area (Å²) in [5.74, 6) is 0.972. The molecule has 108 valence electrons. The van der Waals surface area contributed by atoms with Gasteiger partial charge in [-0.2, -0.15) is 0 Å². The number of carbonyl (C=O) groups is 1. The van der Waals surface area contributed by atoms with E-state index in [2.05, 4.69) is 24.4 Å². The van der Waals surface area contributed by atoms with Crippen LogP contribution in [0, 0.1) is 12.8 Å². The number of thiophene rings is 1. The number of carbonyl (C=O) groups excluding carboxylic acids is 1. The molecule has 1 aromatic heterocycles. The van der Waals surface area contributed by atoms with E-state index in [1.807, 2.05) is 11.9 Å². The third kappa shape index (κ3) is 5.13. The van der Waals surface area contributed by atoms with Crippen molar-refractivity contribution in [3.05, 3.63) is 21.9 Å². The molecule has 0 bridgehead atoms. The summed E-state index contributed by atoms with van der Waals surface area (Å²) in [6, 6.07) is 4.23. The van der Waals surface area contributed by atoms with E-state index >= 15 is 0 Å². The molecule has 0 aliphatic carbocycles. The predicted molar refractivity (Wildman–Crippen MR) is 83.0 cm³/mol. The normalized spacial score (nSPS) is 18.1. The van der Waals surface area contributed by atoms with Gasteiger partial charge >= 0.3 is 0 Å². The molecule has 1 amide bonds. The summed E-state index contributed by atoms with van der Waals surface area (Å²) in [6.45, 7) is 5.05. The highest BCUT2D eigenvalue weighted by Crippen LogP contribution is 2.18. The minimum Gasteiger partial charge on any atom is -0.341 e. The Balaban J connectivity index is 0.00000180. The molecule has 2 rings (SSSR count). The fraction of sp³-hybridized carbons (Fsp3) is 0.643. The maximum Gasteiger partial charge on any atom is 0.222 e. The Morgan fingerprint density at radius 1 is 1.53 bits per heavy atom. The van der Waals surface area contributed by atoms with E-state index in [0.29, 0.717) is 12.3 Å². The topological polar surface area (TPSA) is 32.3 Å². The van der Waals surface area contributed by atoms with E-state index < -0.39 is 0 Å². The Hall–Kier alpha value is -0.580. The van der Waals surface area contributed by atoms with E-state index in [0.717, 1.165) is 26.1 Å². The van der Waals surface area contributed by atoms with Crippen molar-refractivity contribution in [2.24, 2.45) is 5.92 Å². The first-order chi connectivity index (χ1) is 8.65. The number of hydrogen-bond donors (Lipinski definition) is 1. The van der Waals surface area contributed by atoms with Gasteiger partial charge in [-0.15, -0.1) is 23.7 Å². The zero-order chi connectivity index (χ0) is 13.0. The number of aryl methyl sites for hydroxylation is 1. The van der Waals surface area contributed by atoms with Crippen LogP contribution in [-0.4, -0.2) is 30.9 Å². The Morgan fingerprint density at radius 2 is 2.32 bits per heavy atom. The van der Waals surface area contributed by atoms with Crippen molar-refractivity contribution in [2.75, 3.05) is 20.1 Å². The van der Waals surface area contributed by atoms with Crippen LogP contribution in [0.3, 0.4) is 0 Å². The van der Waals surface area contributed by atoms with Crippen LogP contribution in [-0.2, 0) is 11.3 Å².